The molecule has 0 aliphatic rings. The van der Waals surface area contributed by atoms with Gasteiger partial charge in [0.15, 0.2) is 11.5 Å². The maximum atomic E-state index is 5.94. The van der Waals surface area contributed by atoms with Crippen molar-refractivity contribution in [2.45, 2.75) is 39.5 Å². The van der Waals surface area contributed by atoms with E-state index in [2.05, 4.69) is 36.9 Å². The lowest BCUT2D eigenvalue weighted by atomic mass is 10.1. The van der Waals surface area contributed by atoms with Gasteiger partial charge in [-0.2, -0.15) is 0 Å². The molecule has 0 aliphatic carbocycles. The van der Waals surface area contributed by atoms with E-state index in [4.69, 9.17) is 9.47 Å². The summed E-state index contributed by atoms with van der Waals surface area (Å²) in [4.78, 5) is 4.04. The third-order valence-electron chi connectivity index (χ3n) is 3.31. The molecule has 0 amide bonds. The number of hydrogen-bond donors (Lipinski definition) is 1. The van der Waals surface area contributed by atoms with Crippen molar-refractivity contribution in [2.24, 2.45) is 0 Å². The van der Waals surface area contributed by atoms with Crippen LogP contribution in [0, 0.1) is 0 Å². The quantitative estimate of drug-likeness (QED) is 0.673. The second-order valence-electron chi connectivity index (χ2n) is 5.59. The number of aromatic nitrogens is 2. The molecule has 2 rings (SSSR count). The van der Waals surface area contributed by atoms with E-state index in [0.717, 1.165) is 47.6 Å². The molecule has 0 unspecified atom stereocenters. The van der Waals surface area contributed by atoms with Gasteiger partial charge < -0.3 is 19.4 Å². The third kappa shape index (κ3) is 5.55. The van der Waals surface area contributed by atoms with Crippen molar-refractivity contribution in [3.8, 4) is 11.5 Å². The minimum atomic E-state index is 0.102. The van der Waals surface area contributed by atoms with Crippen molar-refractivity contribution >= 4 is 15.9 Å². The van der Waals surface area contributed by atoms with Gasteiger partial charge in [0.2, 0.25) is 0 Å². The van der Waals surface area contributed by atoms with Crippen LogP contribution in [-0.2, 0) is 13.1 Å². The largest absolute Gasteiger partial charge is 0.493 e. The first-order valence-corrected chi connectivity index (χ1v) is 8.59. The third-order valence-corrected chi connectivity index (χ3v) is 3.77. The summed E-state index contributed by atoms with van der Waals surface area (Å²) in [6, 6.07) is 4.00. The lowest BCUT2D eigenvalue weighted by molar-refractivity contribution is 0.227. The summed E-state index contributed by atoms with van der Waals surface area (Å²) >= 11 is 3.53. The first-order chi connectivity index (χ1) is 11.1. The zero-order valence-electron chi connectivity index (χ0n) is 13.9. The fourth-order valence-electron chi connectivity index (χ4n) is 2.30. The predicted octanol–water partition coefficient (Wildman–Crippen LogP) is 3.62. The Labute approximate surface area is 146 Å². The van der Waals surface area contributed by atoms with Crippen LogP contribution in [0.1, 0.15) is 25.8 Å². The Balaban J connectivity index is 1.93. The molecular weight excluding hydrogens is 358 g/mol. The standard InChI is InChI=1S/C17H24BrN3O2/c1-13(2)23-17-14(9-15(18)10-16(17)22-3)11-19-5-4-7-21-8-6-20-12-21/h6,8-10,12-13,19H,4-5,7,11H2,1-3H3. The molecule has 5 nitrogen and oxygen atoms in total. The predicted molar refractivity (Wildman–Crippen MR) is 95.0 cm³/mol. The number of halogens is 1. The van der Waals surface area contributed by atoms with Crippen molar-refractivity contribution in [1.29, 1.82) is 0 Å². The molecule has 0 saturated carbocycles. The molecule has 0 spiro atoms. The van der Waals surface area contributed by atoms with E-state index in [0.29, 0.717) is 0 Å². The van der Waals surface area contributed by atoms with E-state index < -0.39 is 0 Å². The SMILES string of the molecule is COc1cc(Br)cc(CNCCCn2ccnc2)c1OC(C)C. The number of benzene rings is 1. The Hall–Kier alpha value is -1.53. The van der Waals surface area contributed by atoms with Crippen molar-refractivity contribution in [1.82, 2.24) is 14.9 Å². The van der Waals surface area contributed by atoms with Gasteiger partial charge in [-0.3, -0.25) is 0 Å². The van der Waals surface area contributed by atoms with Gasteiger partial charge in [0.05, 0.1) is 19.5 Å². The molecule has 0 aliphatic heterocycles. The number of ether oxygens (including phenoxy) is 2. The molecule has 1 aromatic heterocycles. The molecule has 0 saturated heterocycles. The van der Waals surface area contributed by atoms with Gasteiger partial charge in [-0.15, -0.1) is 0 Å². The fourth-order valence-corrected chi connectivity index (χ4v) is 2.79. The summed E-state index contributed by atoms with van der Waals surface area (Å²) in [5.41, 5.74) is 1.09. The summed E-state index contributed by atoms with van der Waals surface area (Å²) in [6.07, 6.45) is 6.77. The van der Waals surface area contributed by atoms with Gasteiger partial charge in [0, 0.05) is 35.5 Å². The Bertz CT molecular complexity index is 600. The highest BCUT2D eigenvalue weighted by Gasteiger charge is 2.13. The van der Waals surface area contributed by atoms with E-state index in [1.54, 1.807) is 13.3 Å². The number of nitrogens with zero attached hydrogens (tertiary/aromatic N) is 2. The Kier molecular flexibility index (Phi) is 6.92. The van der Waals surface area contributed by atoms with E-state index in [9.17, 15) is 0 Å². The molecule has 1 aromatic carbocycles. The molecule has 1 heterocycles. The van der Waals surface area contributed by atoms with E-state index in [1.807, 2.05) is 32.4 Å². The number of rotatable bonds is 9. The van der Waals surface area contributed by atoms with Crippen LogP contribution >= 0.6 is 15.9 Å². The fraction of sp³-hybridized carbons (Fsp3) is 0.471. The molecule has 0 radical (unpaired) electrons. The topological polar surface area (TPSA) is 48.3 Å². The maximum Gasteiger partial charge on any atom is 0.166 e. The molecule has 0 bridgehead atoms. The average Bonchev–Trinajstić information content (AvgIpc) is 3.02. The Morgan fingerprint density at radius 3 is 2.83 bits per heavy atom. The monoisotopic (exact) mass is 381 g/mol. The average molecular weight is 382 g/mol. The zero-order valence-corrected chi connectivity index (χ0v) is 15.5. The summed E-state index contributed by atoms with van der Waals surface area (Å²) in [7, 11) is 1.66. The first-order valence-electron chi connectivity index (χ1n) is 7.79. The number of hydrogen-bond acceptors (Lipinski definition) is 4. The summed E-state index contributed by atoms with van der Waals surface area (Å²) in [5, 5.41) is 3.47. The van der Waals surface area contributed by atoms with Gasteiger partial charge in [-0.1, -0.05) is 15.9 Å². The van der Waals surface area contributed by atoms with Crippen LogP contribution in [-0.4, -0.2) is 29.3 Å². The van der Waals surface area contributed by atoms with E-state index >= 15 is 0 Å². The summed E-state index contributed by atoms with van der Waals surface area (Å²) in [6.45, 7) is 6.66. The molecule has 2 aromatic rings. The lowest BCUT2D eigenvalue weighted by Crippen LogP contribution is -2.18. The van der Waals surface area contributed by atoms with Crippen LogP contribution in [0.5, 0.6) is 11.5 Å². The minimum Gasteiger partial charge on any atom is -0.493 e. The normalized spacial score (nSPS) is 11.0. The number of imidazole rings is 1. The summed E-state index contributed by atoms with van der Waals surface area (Å²) in [5.74, 6) is 1.57. The van der Waals surface area contributed by atoms with Crippen molar-refractivity contribution < 1.29 is 9.47 Å². The summed E-state index contributed by atoms with van der Waals surface area (Å²) < 4.78 is 14.5. The Morgan fingerprint density at radius 1 is 1.35 bits per heavy atom. The molecule has 6 heteroatoms. The molecule has 0 fully saturated rings. The lowest BCUT2D eigenvalue weighted by Gasteiger charge is -2.18. The highest BCUT2D eigenvalue weighted by Crippen LogP contribution is 2.35. The smallest absolute Gasteiger partial charge is 0.166 e. The van der Waals surface area contributed by atoms with Gasteiger partial charge in [0.1, 0.15) is 0 Å². The number of methoxy groups -OCH3 is 1. The minimum absolute atomic E-state index is 0.102. The molecule has 1 N–H and O–H groups in total. The first kappa shape index (κ1) is 17.8. The molecule has 23 heavy (non-hydrogen) atoms. The highest BCUT2D eigenvalue weighted by atomic mass is 79.9. The zero-order chi connectivity index (χ0) is 16.7. The van der Waals surface area contributed by atoms with E-state index in [-0.39, 0.29) is 6.10 Å². The number of aryl methyl sites for hydroxylation is 1. The second kappa shape index (κ2) is 8.93. The van der Waals surface area contributed by atoms with Gasteiger partial charge in [0.25, 0.3) is 0 Å². The second-order valence-corrected chi connectivity index (χ2v) is 6.51. The van der Waals surface area contributed by atoms with Crippen molar-refractivity contribution in [2.75, 3.05) is 13.7 Å². The number of nitrogens with one attached hydrogen (secondary N) is 1. The molecular formula is C17H24BrN3O2. The van der Waals surface area contributed by atoms with Gasteiger partial charge in [-0.25, -0.2) is 4.98 Å². The van der Waals surface area contributed by atoms with Crippen LogP contribution in [0.2, 0.25) is 0 Å². The van der Waals surface area contributed by atoms with Crippen LogP contribution < -0.4 is 14.8 Å². The van der Waals surface area contributed by atoms with E-state index in [1.165, 1.54) is 0 Å². The van der Waals surface area contributed by atoms with Crippen LogP contribution in [0.4, 0.5) is 0 Å². The Morgan fingerprint density at radius 2 is 2.17 bits per heavy atom. The van der Waals surface area contributed by atoms with Crippen molar-refractivity contribution in [3.63, 3.8) is 0 Å². The highest BCUT2D eigenvalue weighted by molar-refractivity contribution is 9.10. The van der Waals surface area contributed by atoms with Crippen LogP contribution in [0.3, 0.4) is 0 Å². The van der Waals surface area contributed by atoms with Gasteiger partial charge in [-0.05, 0) is 38.9 Å². The van der Waals surface area contributed by atoms with Crippen molar-refractivity contribution in [3.05, 3.63) is 40.9 Å². The van der Waals surface area contributed by atoms with Crippen LogP contribution in [0.15, 0.2) is 35.3 Å². The maximum absolute atomic E-state index is 5.94. The van der Waals surface area contributed by atoms with Crippen LogP contribution in [0.25, 0.3) is 0 Å². The molecule has 0 atom stereocenters. The van der Waals surface area contributed by atoms with Gasteiger partial charge >= 0.3 is 0 Å². The molecule has 126 valence electrons.